The fourth-order valence-electron chi connectivity index (χ4n) is 2.87. The van der Waals surface area contributed by atoms with Crippen LogP contribution < -0.4 is 0 Å². The standard InChI is InChI=1S/C16H18F2N4O3S2/c17-16(18)26-13-5-2-1-4-12(13)15(23)21-6-3-7-22(9-8-21)27(24,25)14-10-19-11-20-14/h1-2,4-5,10-11,16H,3,6-9H2,(H,19,20). The van der Waals surface area contributed by atoms with E-state index in [0.29, 0.717) is 24.7 Å². The number of halogens is 2. The first-order valence-corrected chi connectivity index (χ1v) is 10.5. The van der Waals surface area contributed by atoms with Gasteiger partial charge in [0.25, 0.3) is 21.7 Å². The zero-order valence-electron chi connectivity index (χ0n) is 14.2. The highest BCUT2D eigenvalue weighted by atomic mass is 32.2. The summed E-state index contributed by atoms with van der Waals surface area (Å²) < 4.78 is 52.0. The minimum Gasteiger partial charge on any atom is -0.337 e. The molecule has 1 aromatic heterocycles. The molecule has 2 aromatic rings. The quantitative estimate of drug-likeness (QED) is 0.756. The summed E-state index contributed by atoms with van der Waals surface area (Å²) in [6, 6.07) is 6.21. The average molecular weight is 416 g/mol. The Morgan fingerprint density at radius 3 is 2.67 bits per heavy atom. The molecule has 2 heterocycles. The Labute approximate surface area is 159 Å². The second kappa shape index (κ2) is 8.36. The van der Waals surface area contributed by atoms with Crippen LogP contribution in [0.3, 0.4) is 0 Å². The van der Waals surface area contributed by atoms with Crippen molar-refractivity contribution < 1.29 is 22.0 Å². The van der Waals surface area contributed by atoms with Gasteiger partial charge in [-0.05, 0) is 18.6 Å². The minimum absolute atomic E-state index is 0.000885. The Kier molecular flexibility index (Phi) is 6.12. The second-order valence-electron chi connectivity index (χ2n) is 5.84. The van der Waals surface area contributed by atoms with Crippen LogP contribution in [-0.4, -0.2) is 65.4 Å². The lowest BCUT2D eigenvalue weighted by Crippen LogP contribution is -2.37. The summed E-state index contributed by atoms with van der Waals surface area (Å²) in [5.41, 5.74) is 0.202. The largest absolute Gasteiger partial charge is 0.337 e. The molecule has 11 heteroatoms. The fraction of sp³-hybridized carbons (Fsp3) is 0.375. The van der Waals surface area contributed by atoms with Gasteiger partial charge in [-0.3, -0.25) is 4.79 Å². The average Bonchev–Trinajstić information content (AvgIpc) is 3.06. The van der Waals surface area contributed by atoms with Crippen LogP contribution in [0.2, 0.25) is 0 Å². The van der Waals surface area contributed by atoms with Gasteiger partial charge in [-0.25, -0.2) is 13.4 Å². The molecule has 7 nitrogen and oxygen atoms in total. The maximum atomic E-state index is 12.8. The van der Waals surface area contributed by atoms with Gasteiger partial charge in [0.05, 0.1) is 18.1 Å². The van der Waals surface area contributed by atoms with Crippen LogP contribution in [0.5, 0.6) is 0 Å². The molecule has 0 atom stereocenters. The maximum absolute atomic E-state index is 12.8. The lowest BCUT2D eigenvalue weighted by molar-refractivity contribution is 0.0760. The Balaban J connectivity index is 1.74. The number of rotatable bonds is 5. The molecule has 0 radical (unpaired) electrons. The molecule has 1 aliphatic heterocycles. The van der Waals surface area contributed by atoms with E-state index >= 15 is 0 Å². The van der Waals surface area contributed by atoms with Crippen molar-refractivity contribution >= 4 is 27.7 Å². The molecular formula is C16H18F2N4O3S2. The van der Waals surface area contributed by atoms with E-state index in [4.69, 9.17) is 0 Å². The molecule has 0 saturated carbocycles. The van der Waals surface area contributed by atoms with Gasteiger partial charge < -0.3 is 9.88 Å². The van der Waals surface area contributed by atoms with Crippen LogP contribution in [0.4, 0.5) is 8.78 Å². The van der Waals surface area contributed by atoms with Gasteiger partial charge >= 0.3 is 0 Å². The van der Waals surface area contributed by atoms with E-state index in [0.717, 1.165) is 0 Å². The Morgan fingerprint density at radius 1 is 1.19 bits per heavy atom. The topological polar surface area (TPSA) is 86.4 Å². The highest BCUT2D eigenvalue weighted by molar-refractivity contribution is 7.99. The van der Waals surface area contributed by atoms with Crippen molar-refractivity contribution in [2.75, 3.05) is 26.2 Å². The number of nitrogens with zero attached hydrogens (tertiary/aromatic N) is 3. The predicted octanol–water partition coefficient (Wildman–Crippen LogP) is 2.26. The summed E-state index contributed by atoms with van der Waals surface area (Å²) in [6.07, 6.45) is 2.97. The number of alkyl halides is 2. The van der Waals surface area contributed by atoms with Crippen molar-refractivity contribution in [2.24, 2.45) is 0 Å². The van der Waals surface area contributed by atoms with Crippen LogP contribution in [0, 0.1) is 0 Å². The molecule has 27 heavy (non-hydrogen) atoms. The van der Waals surface area contributed by atoms with Crippen LogP contribution >= 0.6 is 11.8 Å². The van der Waals surface area contributed by atoms with Gasteiger partial charge in [0.1, 0.15) is 0 Å². The molecule has 0 unspecified atom stereocenters. The van der Waals surface area contributed by atoms with Crippen LogP contribution in [-0.2, 0) is 10.0 Å². The van der Waals surface area contributed by atoms with E-state index in [1.54, 1.807) is 12.1 Å². The van der Waals surface area contributed by atoms with Gasteiger partial charge in [0.15, 0.2) is 5.03 Å². The number of hydrogen-bond acceptors (Lipinski definition) is 5. The SMILES string of the molecule is O=C(c1ccccc1SC(F)F)N1CCCN(S(=O)(=O)c2cnc[nH]2)CC1. The Morgan fingerprint density at radius 2 is 1.96 bits per heavy atom. The number of thioether (sulfide) groups is 1. The predicted molar refractivity (Wildman–Crippen MR) is 96.2 cm³/mol. The highest BCUT2D eigenvalue weighted by Crippen LogP contribution is 2.29. The van der Waals surface area contributed by atoms with Gasteiger partial charge in [-0.1, -0.05) is 23.9 Å². The normalized spacial score (nSPS) is 16.5. The van der Waals surface area contributed by atoms with E-state index in [2.05, 4.69) is 9.97 Å². The van der Waals surface area contributed by atoms with Crippen LogP contribution in [0.15, 0.2) is 46.7 Å². The molecule has 1 fully saturated rings. The van der Waals surface area contributed by atoms with Crippen molar-refractivity contribution in [3.05, 3.63) is 42.4 Å². The number of imidazole rings is 1. The van der Waals surface area contributed by atoms with Crippen LogP contribution in [0.1, 0.15) is 16.8 Å². The number of sulfonamides is 1. The minimum atomic E-state index is -3.71. The summed E-state index contributed by atoms with van der Waals surface area (Å²) in [7, 11) is -3.71. The van der Waals surface area contributed by atoms with Crippen molar-refractivity contribution in [3.8, 4) is 0 Å². The Hall–Kier alpha value is -1.98. The molecule has 0 spiro atoms. The van der Waals surface area contributed by atoms with Gasteiger partial charge in [-0.15, -0.1) is 0 Å². The molecule has 1 aromatic carbocycles. The lowest BCUT2D eigenvalue weighted by Gasteiger charge is -2.22. The highest BCUT2D eigenvalue weighted by Gasteiger charge is 2.30. The molecule has 1 saturated heterocycles. The first-order chi connectivity index (χ1) is 12.9. The summed E-state index contributed by atoms with van der Waals surface area (Å²) >= 11 is 0.327. The van der Waals surface area contributed by atoms with Gasteiger partial charge in [0, 0.05) is 31.1 Å². The van der Waals surface area contributed by atoms with Gasteiger partial charge in [0.2, 0.25) is 0 Å². The molecule has 146 valence electrons. The summed E-state index contributed by atoms with van der Waals surface area (Å²) in [4.78, 5) is 20.9. The third kappa shape index (κ3) is 4.47. The zero-order chi connectivity index (χ0) is 19.4. The van der Waals surface area contributed by atoms with Crippen molar-refractivity contribution in [1.29, 1.82) is 0 Å². The molecule has 0 bridgehead atoms. The summed E-state index contributed by atoms with van der Waals surface area (Å²) in [5, 5.41) is 0.000885. The van der Waals surface area contributed by atoms with Crippen LogP contribution in [0.25, 0.3) is 0 Å². The molecule has 3 rings (SSSR count). The number of benzene rings is 1. The fourth-order valence-corrected chi connectivity index (χ4v) is 4.87. The first-order valence-electron chi connectivity index (χ1n) is 8.21. The second-order valence-corrected chi connectivity index (χ2v) is 8.78. The number of amides is 1. The van der Waals surface area contributed by atoms with Crippen molar-refractivity contribution in [3.63, 3.8) is 0 Å². The number of hydrogen-bond donors (Lipinski definition) is 1. The number of H-pyrrole nitrogens is 1. The molecule has 1 aliphatic rings. The smallest absolute Gasteiger partial charge is 0.288 e. The third-order valence-electron chi connectivity index (χ3n) is 4.17. The third-order valence-corrected chi connectivity index (χ3v) is 6.78. The molecule has 1 amide bonds. The Bertz CT molecular complexity index is 891. The van der Waals surface area contributed by atoms with E-state index in [-0.39, 0.29) is 41.0 Å². The first kappa shape index (κ1) is 19.8. The summed E-state index contributed by atoms with van der Waals surface area (Å²) in [5.74, 6) is -3.00. The van der Waals surface area contributed by atoms with E-state index in [1.165, 1.54) is 33.9 Å². The number of carbonyl (C=O) groups is 1. The number of aromatic nitrogens is 2. The van der Waals surface area contributed by atoms with E-state index < -0.39 is 15.8 Å². The van der Waals surface area contributed by atoms with E-state index in [1.807, 2.05) is 0 Å². The zero-order valence-corrected chi connectivity index (χ0v) is 15.8. The van der Waals surface area contributed by atoms with Gasteiger partial charge in [-0.2, -0.15) is 13.1 Å². The molecule has 0 aliphatic carbocycles. The molecule has 1 N–H and O–H groups in total. The number of nitrogens with one attached hydrogen (secondary N) is 1. The molecular weight excluding hydrogens is 398 g/mol. The van der Waals surface area contributed by atoms with Crippen molar-refractivity contribution in [2.45, 2.75) is 22.1 Å². The lowest BCUT2D eigenvalue weighted by atomic mass is 10.2. The monoisotopic (exact) mass is 416 g/mol. The summed E-state index contributed by atoms with van der Waals surface area (Å²) in [6.45, 7) is 0.914. The maximum Gasteiger partial charge on any atom is 0.288 e. The number of aromatic amines is 1. The number of carbonyl (C=O) groups excluding carboxylic acids is 1. The van der Waals surface area contributed by atoms with Crippen molar-refractivity contribution in [1.82, 2.24) is 19.2 Å². The van der Waals surface area contributed by atoms with E-state index in [9.17, 15) is 22.0 Å².